The van der Waals surface area contributed by atoms with Crippen molar-refractivity contribution in [2.24, 2.45) is 0 Å². The standard InChI is InChI=1S/C8H13O2S/c1-3-4-9-5-8-6-11-7(2)10-8/h3,8H,1,4-6H2,2H3. The first-order valence-electron chi connectivity index (χ1n) is 3.64. The Hall–Kier alpha value is 0.01000. The van der Waals surface area contributed by atoms with E-state index >= 15 is 0 Å². The molecule has 1 aliphatic heterocycles. The average Bonchev–Trinajstić information content (AvgIpc) is 2.37. The molecule has 1 aliphatic rings. The molecular weight excluding hydrogens is 160 g/mol. The van der Waals surface area contributed by atoms with Crippen molar-refractivity contribution in [3.8, 4) is 0 Å². The summed E-state index contributed by atoms with van der Waals surface area (Å²) in [4.78, 5) is 0. The van der Waals surface area contributed by atoms with Crippen LogP contribution in [0.2, 0.25) is 0 Å². The first kappa shape index (κ1) is 9.10. The van der Waals surface area contributed by atoms with Gasteiger partial charge in [-0.25, -0.2) is 0 Å². The van der Waals surface area contributed by atoms with Gasteiger partial charge in [0, 0.05) is 5.75 Å². The highest BCUT2D eigenvalue weighted by atomic mass is 32.2. The second kappa shape index (κ2) is 4.80. The van der Waals surface area contributed by atoms with Gasteiger partial charge in [0.2, 0.25) is 0 Å². The number of thioether (sulfide) groups is 1. The van der Waals surface area contributed by atoms with Crippen molar-refractivity contribution in [1.82, 2.24) is 0 Å². The van der Waals surface area contributed by atoms with E-state index in [1.165, 1.54) is 0 Å². The molecule has 3 heteroatoms. The molecule has 0 N–H and O–H groups in total. The van der Waals surface area contributed by atoms with Crippen LogP contribution in [0.5, 0.6) is 0 Å². The molecule has 1 saturated heterocycles. The Kier molecular flexibility index (Phi) is 3.97. The Bertz CT molecular complexity index is 127. The van der Waals surface area contributed by atoms with Crippen LogP contribution in [0.1, 0.15) is 6.92 Å². The van der Waals surface area contributed by atoms with E-state index in [1.54, 1.807) is 17.8 Å². The molecule has 0 aromatic carbocycles. The second-order valence-electron chi connectivity index (χ2n) is 2.37. The lowest BCUT2D eigenvalue weighted by Crippen LogP contribution is -2.17. The maximum absolute atomic E-state index is 5.43. The lowest BCUT2D eigenvalue weighted by atomic mass is 10.4. The topological polar surface area (TPSA) is 18.5 Å². The van der Waals surface area contributed by atoms with E-state index in [9.17, 15) is 0 Å². The van der Waals surface area contributed by atoms with Crippen LogP contribution < -0.4 is 0 Å². The highest BCUT2D eigenvalue weighted by molar-refractivity contribution is 8.02. The molecule has 0 saturated carbocycles. The molecule has 0 bridgehead atoms. The fourth-order valence-corrected chi connectivity index (χ4v) is 1.67. The molecule has 0 aromatic heterocycles. The lowest BCUT2D eigenvalue weighted by Gasteiger charge is -2.08. The SMILES string of the molecule is C=CCOCC1CS[C](C)O1. The summed E-state index contributed by atoms with van der Waals surface area (Å²) < 4.78 is 10.7. The van der Waals surface area contributed by atoms with E-state index in [-0.39, 0.29) is 6.10 Å². The van der Waals surface area contributed by atoms with Crippen LogP contribution in [0.15, 0.2) is 12.7 Å². The number of rotatable bonds is 4. The average molecular weight is 173 g/mol. The fourth-order valence-electron chi connectivity index (χ4n) is 0.878. The smallest absolute Gasteiger partial charge is 0.149 e. The summed E-state index contributed by atoms with van der Waals surface area (Å²) in [6, 6.07) is 0. The first-order valence-corrected chi connectivity index (χ1v) is 4.63. The highest BCUT2D eigenvalue weighted by Crippen LogP contribution is 2.30. The minimum absolute atomic E-state index is 0.250. The molecule has 1 heterocycles. The van der Waals surface area contributed by atoms with E-state index in [0.29, 0.717) is 13.2 Å². The number of ether oxygens (including phenoxy) is 2. The second-order valence-corrected chi connectivity index (χ2v) is 3.57. The van der Waals surface area contributed by atoms with Crippen LogP contribution in [0.25, 0.3) is 0 Å². The van der Waals surface area contributed by atoms with Crippen molar-refractivity contribution < 1.29 is 9.47 Å². The molecule has 63 valence electrons. The minimum atomic E-state index is 0.250. The van der Waals surface area contributed by atoms with Crippen LogP contribution in [0.3, 0.4) is 0 Å². The monoisotopic (exact) mass is 173 g/mol. The van der Waals surface area contributed by atoms with Crippen molar-refractivity contribution in [1.29, 1.82) is 0 Å². The summed E-state index contributed by atoms with van der Waals surface area (Å²) >= 11 is 1.75. The van der Waals surface area contributed by atoms with Crippen LogP contribution in [0, 0.1) is 5.44 Å². The van der Waals surface area contributed by atoms with Gasteiger partial charge in [0.05, 0.1) is 19.3 Å². The Balaban J connectivity index is 2.03. The molecular formula is C8H13O2S. The summed E-state index contributed by atoms with van der Waals surface area (Å²) in [6.07, 6.45) is 2.00. The van der Waals surface area contributed by atoms with Gasteiger partial charge in [-0.1, -0.05) is 6.08 Å². The van der Waals surface area contributed by atoms with Crippen molar-refractivity contribution in [2.45, 2.75) is 13.0 Å². The van der Waals surface area contributed by atoms with Gasteiger partial charge in [-0.15, -0.1) is 18.3 Å². The zero-order valence-corrected chi connectivity index (χ0v) is 7.52. The quantitative estimate of drug-likeness (QED) is 0.477. The van der Waals surface area contributed by atoms with Crippen LogP contribution in [-0.4, -0.2) is 25.1 Å². The fraction of sp³-hybridized carbons (Fsp3) is 0.625. The largest absolute Gasteiger partial charge is 0.375 e. The van der Waals surface area contributed by atoms with Crippen LogP contribution in [-0.2, 0) is 9.47 Å². The molecule has 1 rings (SSSR count). The molecule has 0 aromatic rings. The van der Waals surface area contributed by atoms with E-state index in [4.69, 9.17) is 9.47 Å². The Labute approximate surface area is 71.9 Å². The predicted molar refractivity (Wildman–Crippen MR) is 47.3 cm³/mol. The summed E-state index contributed by atoms with van der Waals surface area (Å²) in [7, 11) is 0. The van der Waals surface area contributed by atoms with Gasteiger partial charge in [0.25, 0.3) is 0 Å². The van der Waals surface area contributed by atoms with Gasteiger partial charge in [0.15, 0.2) is 0 Å². The third kappa shape index (κ3) is 3.27. The molecule has 1 fully saturated rings. The number of hydrogen-bond donors (Lipinski definition) is 0. The Morgan fingerprint density at radius 3 is 3.27 bits per heavy atom. The van der Waals surface area contributed by atoms with E-state index < -0.39 is 0 Å². The third-order valence-corrected chi connectivity index (χ3v) is 2.39. The van der Waals surface area contributed by atoms with E-state index in [1.807, 2.05) is 6.92 Å². The zero-order valence-electron chi connectivity index (χ0n) is 6.71. The van der Waals surface area contributed by atoms with Crippen molar-refractivity contribution in [2.75, 3.05) is 19.0 Å². The maximum Gasteiger partial charge on any atom is 0.149 e. The Morgan fingerprint density at radius 2 is 2.73 bits per heavy atom. The van der Waals surface area contributed by atoms with E-state index in [0.717, 1.165) is 11.2 Å². The minimum Gasteiger partial charge on any atom is -0.375 e. The third-order valence-electron chi connectivity index (χ3n) is 1.34. The van der Waals surface area contributed by atoms with Crippen molar-refractivity contribution in [3.63, 3.8) is 0 Å². The van der Waals surface area contributed by atoms with E-state index in [2.05, 4.69) is 6.58 Å². The van der Waals surface area contributed by atoms with Crippen molar-refractivity contribution >= 4 is 11.8 Å². The summed E-state index contributed by atoms with van der Waals surface area (Å²) in [5.74, 6) is 1.02. The first-order chi connectivity index (χ1) is 5.33. The van der Waals surface area contributed by atoms with Gasteiger partial charge in [0.1, 0.15) is 5.44 Å². The lowest BCUT2D eigenvalue weighted by molar-refractivity contribution is 0.0373. The molecule has 1 atom stereocenters. The summed E-state index contributed by atoms with van der Waals surface area (Å²) in [5.41, 5.74) is 1.05. The molecule has 2 nitrogen and oxygen atoms in total. The van der Waals surface area contributed by atoms with Crippen LogP contribution >= 0.6 is 11.8 Å². The highest BCUT2D eigenvalue weighted by Gasteiger charge is 2.22. The molecule has 0 amide bonds. The van der Waals surface area contributed by atoms with Gasteiger partial charge in [-0.3, -0.25) is 0 Å². The molecule has 0 spiro atoms. The van der Waals surface area contributed by atoms with Gasteiger partial charge in [-0.05, 0) is 6.92 Å². The van der Waals surface area contributed by atoms with Gasteiger partial charge >= 0.3 is 0 Å². The normalized spacial score (nSPS) is 25.7. The molecule has 11 heavy (non-hydrogen) atoms. The molecule has 1 radical (unpaired) electrons. The Morgan fingerprint density at radius 1 is 1.91 bits per heavy atom. The van der Waals surface area contributed by atoms with Crippen molar-refractivity contribution in [3.05, 3.63) is 18.1 Å². The molecule has 1 unspecified atom stereocenters. The van der Waals surface area contributed by atoms with Gasteiger partial charge < -0.3 is 9.47 Å². The number of hydrogen-bond acceptors (Lipinski definition) is 3. The zero-order chi connectivity index (χ0) is 8.10. The summed E-state index contributed by atoms with van der Waals surface area (Å²) in [5, 5.41) is 0. The van der Waals surface area contributed by atoms with Crippen LogP contribution in [0.4, 0.5) is 0 Å². The van der Waals surface area contributed by atoms with Gasteiger partial charge in [-0.2, -0.15) is 0 Å². The predicted octanol–water partition coefficient (Wildman–Crippen LogP) is 1.83. The maximum atomic E-state index is 5.43. The summed E-state index contributed by atoms with van der Waals surface area (Å²) in [6.45, 7) is 6.84. The molecule has 0 aliphatic carbocycles.